The Labute approximate surface area is 142 Å². The van der Waals surface area contributed by atoms with Crippen molar-refractivity contribution in [2.24, 2.45) is 5.41 Å². The van der Waals surface area contributed by atoms with E-state index in [0.29, 0.717) is 12.0 Å². The van der Waals surface area contributed by atoms with Crippen LogP contribution in [0.1, 0.15) is 79.1 Å². The molecule has 2 aliphatic rings. The second-order valence-electron chi connectivity index (χ2n) is 7.88. The molecular weight excluding hydrogens is 284 g/mol. The zero-order chi connectivity index (χ0) is 16.9. The van der Waals surface area contributed by atoms with E-state index in [2.05, 4.69) is 39.8 Å². The molecule has 0 amide bonds. The number of aliphatic hydroxyl groups is 1. The number of allylic oxidation sites excluding steroid dienone is 4. The lowest BCUT2D eigenvalue weighted by Gasteiger charge is -2.35. The van der Waals surface area contributed by atoms with E-state index < -0.39 is 6.29 Å². The third kappa shape index (κ3) is 5.32. The summed E-state index contributed by atoms with van der Waals surface area (Å²) in [6.07, 6.45) is 13.0. The van der Waals surface area contributed by atoms with Gasteiger partial charge >= 0.3 is 0 Å². The Morgan fingerprint density at radius 3 is 2.87 bits per heavy atom. The van der Waals surface area contributed by atoms with Gasteiger partial charge < -0.3 is 9.84 Å². The van der Waals surface area contributed by atoms with Crippen LogP contribution in [0, 0.1) is 5.41 Å². The van der Waals surface area contributed by atoms with Crippen LogP contribution in [0.4, 0.5) is 0 Å². The molecule has 2 rings (SSSR count). The minimum atomic E-state index is -0.673. The summed E-state index contributed by atoms with van der Waals surface area (Å²) in [6.45, 7) is 10.0. The van der Waals surface area contributed by atoms with Crippen molar-refractivity contribution >= 4 is 0 Å². The van der Waals surface area contributed by atoms with Crippen molar-refractivity contribution in [1.29, 1.82) is 0 Å². The highest BCUT2D eigenvalue weighted by Gasteiger charge is 2.27. The van der Waals surface area contributed by atoms with E-state index in [9.17, 15) is 5.11 Å². The fourth-order valence-electron chi connectivity index (χ4n) is 3.99. The molecule has 130 valence electrons. The number of rotatable bonds is 6. The molecule has 0 radical (unpaired) electrons. The SMILES string of the molecule is CC1=C(CC/C(C)=C/CCC2=CCCOC2O)C(C)(C)CCC1. The van der Waals surface area contributed by atoms with Gasteiger partial charge in [-0.25, -0.2) is 0 Å². The van der Waals surface area contributed by atoms with Crippen LogP contribution < -0.4 is 0 Å². The Bertz CT molecular complexity index is 494. The van der Waals surface area contributed by atoms with Gasteiger partial charge in [0, 0.05) is 0 Å². The quantitative estimate of drug-likeness (QED) is 0.638. The van der Waals surface area contributed by atoms with E-state index >= 15 is 0 Å². The second kappa shape index (κ2) is 8.30. The molecule has 1 unspecified atom stereocenters. The highest BCUT2D eigenvalue weighted by atomic mass is 16.6. The van der Waals surface area contributed by atoms with Crippen LogP contribution >= 0.6 is 0 Å². The molecule has 0 bridgehead atoms. The zero-order valence-electron chi connectivity index (χ0n) is 15.5. The van der Waals surface area contributed by atoms with Gasteiger partial charge in [0.25, 0.3) is 0 Å². The maximum absolute atomic E-state index is 9.78. The molecule has 2 nitrogen and oxygen atoms in total. The van der Waals surface area contributed by atoms with Crippen LogP contribution in [0.25, 0.3) is 0 Å². The van der Waals surface area contributed by atoms with E-state index in [0.717, 1.165) is 31.3 Å². The average molecular weight is 319 g/mol. The minimum absolute atomic E-state index is 0.386. The summed E-state index contributed by atoms with van der Waals surface area (Å²) < 4.78 is 5.27. The standard InChI is InChI=1S/C21H34O2/c1-16(8-5-10-18-11-7-15-23-20(18)22)12-13-19-17(2)9-6-14-21(19,3)4/h8,11,20,22H,5-7,9-10,12-15H2,1-4H3/b16-8+. The van der Waals surface area contributed by atoms with Crippen molar-refractivity contribution in [1.82, 2.24) is 0 Å². The summed E-state index contributed by atoms with van der Waals surface area (Å²) in [5.41, 5.74) is 6.22. The van der Waals surface area contributed by atoms with Crippen LogP contribution in [0.5, 0.6) is 0 Å². The van der Waals surface area contributed by atoms with Crippen molar-refractivity contribution in [3.8, 4) is 0 Å². The van der Waals surface area contributed by atoms with Crippen LogP contribution in [0.15, 0.2) is 34.4 Å². The van der Waals surface area contributed by atoms with Gasteiger partial charge in [-0.2, -0.15) is 0 Å². The maximum atomic E-state index is 9.78. The normalized spacial score (nSPS) is 25.5. The van der Waals surface area contributed by atoms with E-state index in [4.69, 9.17) is 4.74 Å². The molecule has 0 spiro atoms. The van der Waals surface area contributed by atoms with Crippen molar-refractivity contribution in [2.45, 2.75) is 85.4 Å². The predicted molar refractivity (Wildman–Crippen MR) is 97.2 cm³/mol. The number of hydrogen-bond acceptors (Lipinski definition) is 2. The lowest BCUT2D eigenvalue weighted by atomic mass is 9.71. The van der Waals surface area contributed by atoms with E-state index in [1.165, 1.54) is 31.3 Å². The number of ether oxygens (including phenoxy) is 1. The maximum Gasteiger partial charge on any atom is 0.177 e. The van der Waals surface area contributed by atoms with Crippen molar-refractivity contribution in [2.75, 3.05) is 6.61 Å². The molecule has 1 heterocycles. The van der Waals surface area contributed by atoms with Gasteiger partial charge in [0.1, 0.15) is 0 Å². The fraction of sp³-hybridized carbons (Fsp3) is 0.714. The monoisotopic (exact) mass is 318 g/mol. The first-order valence-electron chi connectivity index (χ1n) is 9.23. The third-order valence-corrected chi connectivity index (χ3v) is 5.50. The largest absolute Gasteiger partial charge is 0.364 e. The van der Waals surface area contributed by atoms with Gasteiger partial charge in [-0.1, -0.05) is 42.7 Å². The Kier molecular flexibility index (Phi) is 6.67. The third-order valence-electron chi connectivity index (χ3n) is 5.50. The first-order valence-corrected chi connectivity index (χ1v) is 9.23. The van der Waals surface area contributed by atoms with Crippen LogP contribution in [-0.2, 0) is 4.74 Å². The highest BCUT2D eigenvalue weighted by molar-refractivity contribution is 5.23. The zero-order valence-corrected chi connectivity index (χ0v) is 15.5. The van der Waals surface area contributed by atoms with Gasteiger partial charge in [-0.05, 0) is 76.2 Å². The molecule has 0 aromatic rings. The van der Waals surface area contributed by atoms with Gasteiger partial charge in [-0.15, -0.1) is 0 Å². The van der Waals surface area contributed by atoms with Crippen molar-refractivity contribution < 1.29 is 9.84 Å². The molecule has 2 heteroatoms. The first-order chi connectivity index (χ1) is 10.9. The molecule has 1 N–H and O–H groups in total. The second-order valence-corrected chi connectivity index (χ2v) is 7.88. The van der Waals surface area contributed by atoms with Crippen LogP contribution in [-0.4, -0.2) is 18.0 Å². The molecular formula is C21H34O2. The Morgan fingerprint density at radius 2 is 2.17 bits per heavy atom. The molecule has 1 aliphatic carbocycles. The minimum Gasteiger partial charge on any atom is -0.364 e. The number of hydrogen-bond donors (Lipinski definition) is 1. The van der Waals surface area contributed by atoms with Gasteiger partial charge in [0.2, 0.25) is 0 Å². The van der Waals surface area contributed by atoms with Crippen LogP contribution in [0.2, 0.25) is 0 Å². The summed E-state index contributed by atoms with van der Waals surface area (Å²) in [6, 6.07) is 0. The smallest absolute Gasteiger partial charge is 0.177 e. The number of aliphatic hydroxyl groups excluding tert-OH is 1. The Hall–Kier alpha value is -0.860. The molecule has 0 fully saturated rings. The summed E-state index contributed by atoms with van der Waals surface area (Å²) in [4.78, 5) is 0. The molecule has 0 saturated carbocycles. The topological polar surface area (TPSA) is 29.5 Å². The molecule has 1 atom stereocenters. The van der Waals surface area contributed by atoms with Gasteiger partial charge in [0.15, 0.2) is 6.29 Å². The van der Waals surface area contributed by atoms with Gasteiger partial charge in [0.05, 0.1) is 6.61 Å². The summed E-state index contributed by atoms with van der Waals surface area (Å²) in [7, 11) is 0. The summed E-state index contributed by atoms with van der Waals surface area (Å²) >= 11 is 0. The summed E-state index contributed by atoms with van der Waals surface area (Å²) in [5.74, 6) is 0. The molecule has 1 aliphatic heterocycles. The van der Waals surface area contributed by atoms with E-state index in [1.807, 2.05) is 0 Å². The van der Waals surface area contributed by atoms with E-state index in [1.54, 1.807) is 11.1 Å². The molecule has 0 aromatic carbocycles. The first kappa shape index (κ1) is 18.5. The Morgan fingerprint density at radius 1 is 1.39 bits per heavy atom. The summed E-state index contributed by atoms with van der Waals surface area (Å²) in [5, 5.41) is 9.78. The van der Waals surface area contributed by atoms with Crippen molar-refractivity contribution in [3.63, 3.8) is 0 Å². The fourth-order valence-corrected chi connectivity index (χ4v) is 3.99. The lowest BCUT2D eigenvalue weighted by Crippen LogP contribution is -2.20. The predicted octanol–water partition coefficient (Wildman–Crippen LogP) is 5.68. The average Bonchev–Trinajstić information content (AvgIpc) is 2.48. The molecule has 0 aromatic heterocycles. The molecule has 23 heavy (non-hydrogen) atoms. The van der Waals surface area contributed by atoms with Crippen molar-refractivity contribution in [3.05, 3.63) is 34.4 Å². The molecule has 0 saturated heterocycles. The lowest BCUT2D eigenvalue weighted by molar-refractivity contribution is -0.0794. The van der Waals surface area contributed by atoms with E-state index in [-0.39, 0.29) is 0 Å². The van der Waals surface area contributed by atoms with Crippen LogP contribution in [0.3, 0.4) is 0 Å². The Balaban J connectivity index is 1.82. The highest BCUT2D eigenvalue weighted by Crippen LogP contribution is 2.42. The van der Waals surface area contributed by atoms with Gasteiger partial charge in [-0.3, -0.25) is 0 Å².